The van der Waals surface area contributed by atoms with Crippen LogP contribution in [0, 0.1) is 6.92 Å². The molecule has 0 aliphatic heterocycles. The van der Waals surface area contributed by atoms with E-state index in [-0.39, 0.29) is 17.3 Å². The molecule has 0 saturated heterocycles. The third-order valence-electron chi connectivity index (χ3n) is 9.35. The van der Waals surface area contributed by atoms with E-state index < -0.39 is 0 Å². The van der Waals surface area contributed by atoms with E-state index in [9.17, 15) is 0 Å². The van der Waals surface area contributed by atoms with Gasteiger partial charge in [0, 0.05) is 22.3 Å². The van der Waals surface area contributed by atoms with Crippen molar-refractivity contribution < 1.29 is 4.57 Å². The summed E-state index contributed by atoms with van der Waals surface area (Å²) in [5, 5.41) is 3.88. The summed E-state index contributed by atoms with van der Waals surface area (Å²) >= 11 is 1.87. The number of benzene rings is 4. The first-order valence-electron chi connectivity index (χ1n) is 14.2. The van der Waals surface area contributed by atoms with Crippen molar-refractivity contribution in [2.24, 2.45) is 7.05 Å². The fourth-order valence-corrected chi connectivity index (χ4v) is 8.87. The third-order valence-corrected chi connectivity index (χ3v) is 10.8. The predicted molar refractivity (Wildman–Crippen MR) is 165 cm³/mol. The molecule has 40 heavy (non-hydrogen) atoms. The van der Waals surface area contributed by atoms with E-state index in [1.807, 2.05) is 11.3 Å². The first-order chi connectivity index (χ1) is 19.3. The van der Waals surface area contributed by atoms with Crippen LogP contribution < -0.4 is 4.57 Å². The zero-order valence-corrected chi connectivity index (χ0v) is 24.2. The van der Waals surface area contributed by atoms with Crippen LogP contribution in [0.3, 0.4) is 0 Å². The van der Waals surface area contributed by atoms with E-state index in [2.05, 4.69) is 123 Å². The van der Waals surface area contributed by atoms with Crippen LogP contribution in [0.5, 0.6) is 0 Å². The average Bonchev–Trinajstić information content (AvgIpc) is 3.52. The number of imidazole rings is 1. The minimum Gasteiger partial charge on any atom is -0.240 e. The highest BCUT2D eigenvalue weighted by molar-refractivity contribution is 7.18. The zero-order chi connectivity index (χ0) is 27.1. The zero-order valence-electron chi connectivity index (χ0n) is 23.4. The van der Waals surface area contributed by atoms with Gasteiger partial charge in [-0.2, -0.15) is 4.40 Å². The van der Waals surface area contributed by atoms with Crippen LogP contribution in [-0.2, 0) is 12.5 Å². The van der Waals surface area contributed by atoms with E-state index in [0.717, 1.165) is 0 Å². The minimum absolute atomic E-state index is 0.000681. The molecular weight excluding hydrogens is 506 g/mol. The van der Waals surface area contributed by atoms with Gasteiger partial charge in [-0.15, -0.1) is 11.3 Å². The molecule has 4 heteroatoms. The smallest absolute Gasteiger partial charge is 0.240 e. The maximum Gasteiger partial charge on any atom is 0.295 e. The molecule has 10 rings (SSSR count). The van der Waals surface area contributed by atoms with Crippen molar-refractivity contribution in [1.82, 2.24) is 9.38 Å². The summed E-state index contributed by atoms with van der Waals surface area (Å²) in [5.41, 5.74) is 14.9. The highest BCUT2D eigenvalue weighted by atomic mass is 32.1. The molecule has 3 aliphatic rings. The van der Waals surface area contributed by atoms with Crippen molar-refractivity contribution >= 4 is 49.0 Å². The lowest BCUT2D eigenvalue weighted by molar-refractivity contribution is -0.617. The fourth-order valence-electron chi connectivity index (χ4n) is 7.74. The van der Waals surface area contributed by atoms with Gasteiger partial charge in [-0.05, 0) is 52.9 Å². The summed E-state index contributed by atoms with van der Waals surface area (Å²) < 4.78 is 6.31. The third kappa shape index (κ3) is 2.61. The topological polar surface area (TPSA) is 21.2 Å². The average molecular weight is 537 g/mol. The Balaban J connectivity index is 1.61. The van der Waals surface area contributed by atoms with Crippen LogP contribution in [0.25, 0.3) is 37.7 Å². The number of aryl methyl sites for hydroxylation is 2. The molecule has 194 valence electrons. The van der Waals surface area contributed by atoms with Gasteiger partial charge in [0.25, 0.3) is 5.65 Å². The summed E-state index contributed by atoms with van der Waals surface area (Å²) in [5.74, 6) is 0.349. The molecule has 0 radical (unpaired) electrons. The normalized spacial score (nSPS) is 17.6. The van der Waals surface area contributed by atoms with E-state index in [1.165, 1.54) is 81.8 Å². The van der Waals surface area contributed by atoms with Crippen LogP contribution in [0.2, 0.25) is 0 Å². The first kappa shape index (κ1) is 22.8. The molecule has 0 spiro atoms. The monoisotopic (exact) mass is 536 g/mol. The minimum atomic E-state index is 0.000681. The number of fused-ring (bicyclic) bond motifs is 7. The molecule has 0 unspecified atom stereocenters. The fraction of sp³-hybridized carbons (Fsp3) is 0.222. The van der Waals surface area contributed by atoms with Gasteiger partial charge in [0.05, 0.1) is 33.6 Å². The van der Waals surface area contributed by atoms with E-state index >= 15 is 0 Å². The quantitative estimate of drug-likeness (QED) is 0.179. The molecule has 0 amide bonds. The van der Waals surface area contributed by atoms with Crippen molar-refractivity contribution in [2.45, 2.75) is 44.9 Å². The Hall–Kier alpha value is -4.02. The molecular formula is C36H30N3S+. The summed E-state index contributed by atoms with van der Waals surface area (Å²) in [6.07, 6.45) is 0. The highest BCUT2D eigenvalue weighted by Crippen LogP contribution is 2.58. The number of rotatable bonds is 0. The predicted octanol–water partition coefficient (Wildman–Crippen LogP) is 8.27. The van der Waals surface area contributed by atoms with Crippen molar-refractivity contribution in [3.8, 4) is 0 Å². The lowest BCUT2D eigenvalue weighted by Gasteiger charge is -2.41. The lowest BCUT2D eigenvalue weighted by Crippen LogP contribution is -2.32. The molecule has 0 atom stereocenters. The van der Waals surface area contributed by atoms with Gasteiger partial charge in [-0.1, -0.05) is 81.4 Å². The van der Waals surface area contributed by atoms with Gasteiger partial charge in [-0.3, -0.25) is 0 Å². The van der Waals surface area contributed by atoms with Gasteiger partial charge in [-0.25, -0.2) is 9.55 Å². The van der Waals surface area contributed by atoms with Crippen LogP contribution in [0.15, 0.2) is 78.9 Å². The second-order valence-corrected chi connectivity index (χ2v) is 13.7. The van der Waals surface area contributed by atoms with Crippen molar-refractivity contribution in [2.75, 3.05) is 0 Å². The number of pyridine rings is 1. The molecule has 0 N–H and O–H groups in total. The second-order valence-electron chi connectivity index (χ2n) is 12.7. The van der Waals surface area contributed by atoms with Gasteiger partial charge >= 0.3 is 0 Å². The maximum absolute atomic E-state index is 5.45. The van der Waals surface area contributed by atoms with Crippen molar-refractivity contribution in [3.63, 3.8) is 0 Å². The first-order valence-corrected chi connectivity index (χ1v) is 15.0. The van der Waals surface area contributed by atoms with Crippen LogP contribution in [0.4, 0.5) is 0 Å². The Bertz CT molecular complexity index is 2190. The summed E-state index contributed by atoms with van der Waals surface area (Å²) in [6.45, 7) is 9.14. The highest BCUT2D eigenvalue weighted by Gasteiger charge is 2.47. The summed E-state index contributed by atoms with van der Waals surface area (Å²) in [6, 6.07) is 29.6. The van der Waals surface area contributed by atoms with Crippen LogP contribution in [-0.4, -0.2) is 9.38 Å². The number of thiazole rings is 1. The second kappa shape index (κ2) is 7.38. The Morgan fingerprint density at radius 3 is 2.05 bits per heavy atom. The molecule has 0 saturated carbocycles. The van der Waals surface area contributed by atoms with E-state index in [0.29, 0.717) is 0 Å². The Morgan fingerprint density at radius 1 is 0.800 bits per heavy atom. The molecule has 2 bridgehead atoms. The number of aromatic nitrogens is 3. The van der Waals surface area contributed by atoms with Crippen LogP contribution >= 0.6 is 11.3 Å². The van der Waals surface area contributed by atoms with E-state index in [4.69, 9.17) is 4.98 Å². The molecule has 3 nitrogen and oxygen atoms in total. The van der Waals surface area contributed by atoms with Gasteiger partial charge in [0.15, 0.2) is 11.0 Å². The standard InChI is InChI=1S/C36H30N3S/c1-19-18-26-32(37-35(40-26)36(2,3)4)30-27(19)34-38(5)24-16-10-11-17-25(24)39(34)33-29-22-14-8-6-12-20(22)28(31(30)33)21-13-7-9-15-23(21)29/h6-18,28-29H,1-5H3/q+1. The number of hydrogen-bond donors (Lipinski definition) is 0. The Labute approximate surface area is 237 Å². The van der Waals surface area contributed by atoms with Gasteiger partial charge in [0.1, 0.15) is 5.69 Å². The van der Waals surface area contributed by atoms with Gasteiger partial charge < -0.3 is 0 Å². The number of para-hydroxylation sites is 2. The molecule has 0 fully saturated rings. The molecule has 3 aromatic heterocycles. The molecule has 3 heterocycles. The lowest BCUT2D eigenvalue weighted by atomic mass is 9.61. The van der Waals surface area contributed by atoms with Crippen LogP contribution in [0.1, 0.15) is 76.7 Å². The number of hydrogen-bond acceptors (Lipinski definition) is 2. The van der Waals surface area contributed by atoms with E-state index in [1.54, 1.807) is 0 Å². The molecule has 7 aromatic rings. The largest absolute Gasteiger partial charge is 0.295 e. The Morgan fingerprint density at radius 2 is 1.40 bits per heavy atom. The van der Waals surface area contributed by atoms with Gasteiger partial charge in [0.2, 0.25) is 0 Å². The summed E-state index contributed by atoms with van der Waals surface area (Å²) in [7, 11) is 2.23. The molecule has 4 aromatic carbocycles. The maximum atomic E-state index is 5.45. The summed E-state index contributed by atoms with van der Waals surface area (Å²) in [4.78, 5) is 5.45. The SMILES string of the molecule is Cc1cc2sc(C(C)(C)C)nc2c2c3c(n4c5ccccc5[n+](C)c4c12)C1c2ccccc2C3c2ccccc21. The Kier molecular flexibility index (Phi) is 4.20. The molecule has 3 aliphatic carbocycles. The van der Waals surface area contributed by atoms with Crippen molar-refractivity contribution in [1.29, 1.82) is 0 Å². The van der Waals surface area contributed by atoms with Crippen molar-refractivity contribution in [3.05, 3.63) is 123 Å². The number of nitrogens with zero attached hydrogens (tertiary/aromatic N) is 3.